The van der Waals surface area contributed by atoms with Gasteiger partial charge in [0, 0.05) is 74.5 Å². The molecule has 2 aliphatic rings. The van der Waals surface area contributed by atoms with Crippen molar-refractivity contribution in [2.45, 2.75) is 105 Å². The highest BCUT2D eigenvalue weighted by Crippen LogP contribution is 2.31. The van der Waals surface area contributed by atoms with E-state index in [1.54, 1.807) is 0 Å². The molecule has 1 aromatic carbocycles. The van der Waals surface area contributed by atoms with Crippen molar-refractivity contribution in [3.63, 3.8) is 0 Å². The lowest BCUT2D eigenvalue weighted by Gasteiger charge is -2.55. The van der Waals surface area contributed by atoms with Crippen molar-refractivity contribution in [3.8, 4) is 11.5 Å². The molecule has 2 saturated heterocycles. The van der Waals surface area contributed by atoms with E-state index in [0.717, 1.165) is 30.5 Å². The Morgan fingerprint density at radius 1 is 0.789 bits per heavy atom. The quantitative estimate of drug-likeness (QED) is 0.359. The summed E-state index contributed by atoms with van der Waals surface area (Å²) in [6, 6.07) is 8.72. The van der Waals surface area contributed by atoms with Gasteiger partial charge >= 0.3 is 0 Å². The summed E-state index contributed by atoms with van der Waals surface area (Å²) in [5.74, 6) is 1.73. The number of likely N-dealkylation sites (tertiary alicyclic amines) is 1. The molecule has 0 unspecified atom stereocenters. The minimum Gasteiger partial charge on any atom is -0.493 e. The third-order valence-corrected chi connectivity index (χ3v) is 8.31. The Morgan fingerprint density at radius 2 is 1.39 bits per heavy atom. The summed E-state index contributed by atoms with van der Waals surface area (Å²) in [4.78, 5) is 8.05. The zero-order chi connectivity index (χ0) is 28.2. The summed E-state index contributed by atoms with van der Waals surface area (Å²) in [5, 5.41) is 3.73. The van der Waals surface area contributed by atoms with Crippen LogP contribution in [0.25, 0.3) is 0 Å². The molecule has 0 saturated carbocycles. The van der Waals surface area contributed by atoms with Crippen molar-refractivity contribution in [1.29, 1.82) is 0 Å². The van der Waals surface area contributed by atoms with Crippen molar-refractivity contribution < 1.29 is 9.47 Å². The van der Waals surface area contributed by atoms with Gasteiger partial charge in [-0.05, 0) is 78.9 Å². The van der Waals surface area contributed by atoms with Gasteiger partial charge < -0.3 is 14.8 Å². The van der Waals surface area contributed by atoms with Gasteiger partial charge in [0.1, 0.15) is 18.1 Å². The van der Waals surface area contributed by atoms with Gasteiger partial charge in [0.2, 0.25) is 0 Å². The van der Waals surface area contributed by atoms with Crippen molar-refractivity contribution in [2.75, 3.05) is 59.0 Å². The SMILES string of the molecule is CC(C)(C)COc1cccc(OCCNC(C)(C)CCC(C)(C)N2CC(N3CCN(C(C)(C)C)CC3)C2)c1. The molecule has 0 aliphatic carbocycles. The van der Waals surface area contributed by atoms with Gasteiger partial charge in [-0.3, -0.25) is 14.7 Å². The highest BCUT2D eigenvalue weighted by atomic mass is 16.5. The molecule has 6 nitrogen and oxygen atoms in total. The molecule has 218 valence electrons. The van der Waals surface area contributed by atoms with Crippen LogP contribution in [0, 0.1) is 5.41 Å². The highest BCUT2D eigenvalue weighted by molar-refractivity contribution is 5.33. The Balaban J connectivity index is 1.33. The molecule has 0 bridgehead atoms. The summed E-state index contributed by atoms with van der Waals surface area (Å²) >= 11 is 0. The summed E-state index contributed by atoms with van der Waals surface area (Å²) < 4.78 is 11.9. The molecule has 1 aromatic rings. The number of nitrogens with one attached hydrogen (secondary N) is 1. The molecule has 2 fully saturated rings. The number of nitrogens with zero attached hydrogens (tertiary/aromatic N) is 3. The van der Waals surface area contributed by atoms with Gasteiger partial charge in [0.05, 0.1) is 6.61 Å². The minimum absolute atomic E-state index is 0.0752. The molecule has 38 heavy (non-hydrogen) atoms. The predicted molar refractivity (Wildman–Crippen MR) is 161 cm³/mol. The van der Waals surface area contributed by atoms with E-state index < -0.39 is 0 Å². The smallest absolute Gasteiger partial charge is 0.123 e. The number of benzene rings is 1. The monoisotopic (exact) mass is 530 g/mol. The number of ether oxygens (including phenoxy) is 2. The first kappa shape index (κ1) is 31.2. The lowest BCUT2D eigenvalue weighted by atomic mass is 9.85. The van der Waals surface area contributed by atoms with Crippen LogP contribution in [0.2, 0.25) is 0 Å². The zero-order valence-electron chi connectivity index (χ0n) is 26.3. The van der Waals surface area contributed by atoms with Crippen LogP contribution < -0.4 is 14.8 Å². The zero-order valence-corrected chi connectivity index (χ0v) is 26.3. The predicted octanol–water partition coefficient (Wildman–Crippen LogP) is 5.52. The van der Waals surface area contributed by atoms with Gasteiger partial charge in [0.15, 0.2) is 0 Å². The molecule has 0 aromatic heterocycles. The topological polar surface area (TPSA) is 40.2 Å². The number of rotatable bonds is 12. The van der Waals surface area contributed by atoms with E-state index in [0.29, 0.717) is 18.8 Å². The lowest BCUT2D eigenvalue weighted by molar-refractivity contribution is -0.0560. The molecule has 0 spiro atoms. The van der Waals surface area contributed by atoms with Crippen LogP contribution in [0.4, 0.5) is 0 Å². The molecule has 0 atom stereocenters. The van der Waals surface area contributed by atoms with Gasteiger partial charge in [-0.1, -0.05) is 26.8 Å². The maximum absolute atomic E-state index is 6.02. The largest absolute Gasteiger partial charge is 0.493 e. The van der Waals surface area contributed by atoms with Crippen LogP contribution in [0.1, 0.15) is 82.1 Å². The fourth-order valence-electron chi connectivity index (χ4n) is 5.32. The van der Waals surface area contributed by atoms with Crippen LogP contribution in [0.15, 0.2) is 24.3 Å². The van der Waals surface area contributed by atoms with Crippen LogP contribution in [0.3, 0.4) is 0 Å². The van der Waals surface area contributed by atoms with Crippen molar-refractivity contribution in [3.05, 3.63) is 24.3 Å². The molecule has 0 amide bonds. The third kappa shape index (κ3) is 9.69. The Hall–Kier alpha value is -1.34. The minimum atomic E-state index is 0.0752. The fraction of sp³-hybridized carbons (Fsp3) is 0.812. The van der Waals surface area contributed by atoms with Crippen LogP contribution in [-0.4, -0.2) is 96.4 Å². The summed E-state index contributed by atoms with van der Waals surface area (Å²) in [5.41, 5.74) is 0.733. The molecule has 0 radical (unpaired) electrons. The van der Waals surface area contributed by atoms with Gasteiger partial charge in [-0.2, -0.15) is 0 Å². The molecule has 6 heteroatoms. The van der Waals surface area contributed by atoms with E-state index >= 15 is 0 Å². The van der Waals surface area contributed by atoms with Gasteiger partial charge in [-0.25, -0.2) is 0 Å². The van der Waals surface area contributed by atoms with E-state index in [1.807, 2.05) is 24.3 Å². The summed E-state index contributed by atoms with van der Waals surface area (Å²) in [7, 11) is 0. The van der Waals surface area contributed by atoms with Crippen molar-refractivity contribution >= 4 is 0 Å². The first-order valence-corrected chi connectivity index (χ1v) is 14.9. The van der Waals surface area contributed by atoms with Gasteiger partial charge in [-0.15, -0.1) is 0 Å². The Labute approximate surface area is 234 Å². The Kier molecular flexibility index (Phi) is 10.2. The maximum Gasteiger partial charge on any atom is 0.123 e. The standard InChI is InChI=1S/C32H58N4O2/c1-29(2,3)25-38-28-13-11-12-27(22-28)37-21-16-33-31(7,8)14-15-32(9,10)36-23-26(24-36)34-17-19-35(20-18-34)30(4,5)6/h11-13,22,26,33H,14-21,23-25H2,1-10H3. The molecule has 3 rings (SSSR count). The van der Waals surface area contributed by atoms with E-state index in [4.69, 9.17) is 9.47 Å². The summed E-state index contributed by atoms with van der Waals surface area (Å²) in [6.45, 7) is 32.4. The third-order valence-electron chi connectivity index (χ3n) is 8.31. The highest BCUT2D eigenvalue weighted by Gasteiger charge is 2.41. The van der Waals surface area contributed by atoms with Crippen LogP contribution in [0.5, 0.6) is 11.5 Å². The van der Waals surface area contributed by atoms with Crippen LogP contribution >= 0.6 is 0 Å². The van der Waals surface area contributed by atoms with E-state index in [2.05, 4.69) is 89.3 Å². The maximum atomic E-state index is 6.02. The van der Waals surface area contributed by atoms with E-state index in [-0.39, 0.29) is 16.5 Å². The first-order valence-electron chi connectivity index (χ1n) is 14.9. The van der Waals surface area contributed by atoms with E-state index in [9.17, 15) is 0 Å². The number of hydrogen-bond acceptors (Lipinski definition) is 6. The van der Waals surface area contributed by atoms with Crippen molar-refractivity contribution in [1.82, 2.24) is 20.0 Å². The normalized spacial score (nSPS) is 19.4. The van der Waals surface area contributed by atoms with Gasteiger partial charge in [0.25, 0.3) is 0 Å². The average Bonchev–Trinajstić information content (AvgIpc) is 2.78. The molecule has 1 N–H and O–H groups in total. The molecule has 2 aliphatic heterocycles. The number of piperazine rings is 1. The second-order valence-electron chi connectivity index (χ2n) is 15.0. The summed E-state index contributed by atoms with van der Waals surface area (Å²) in [6.07, 6.45) is 2.33. The fourth-order valence-corrected chi connectivity index (χ4v) is 5.32. The number of hydrogen-bond donors (Lipinski definition) is 1. The molecule has 2 heterocycles. The Bertz CT molecular complexity index is 857. The molecular formula is C32H58N4O2. The lowest BCUT2D eigenvalue weighted by Crippen LogP contribution is -2.68. The first-order chi connectivity index (χ1) is 17.5. The Morgan fingerprint density at radius 3 is 1.97 bits per heavy atom. The second kappa shape index (κ2) is 12.4. The average molecular weight is 531 g/mol. The van der Waals surface area contributed by atoms with Crippen LogP contribution in [-0.2, 0) is 0 Å². The second-order valence-corrected chi connectivity index (χ2v) is 15.0. The van der Waals surface area contributed by atoms with E-state index in [1.165, 1.54) is 45.7 Å². The van der Waals surface area contributed by atoms with Crippen molar-refractivity contribution in [2.24, 2.45) is 5.41 Å². The molecular weight excluding hydrogens is 472 g/mol.